The summed E-state index contributed by atoms with van der Waals surface area (Å²) in [6.07, 6.45) is 0.954. The third-order valence-electron chi connectivity index (χ3n) is 4.35. The van der Waals surface area contributed by atoms with Gasteiger partial charge in [-0.05, 0) is 24.6 Å². The van der Waals surface area contributed by atoms with Crippen molar-refractivity contribution < 1.29 is 19.0 Å². The van der Waals surface area contributed by atoms with Crippen LogP contribution in [0.5, 0.6) is 11.5 Å². The SMILES string of the molecule is COC[C@@H]1CCN(C(=O)c2cc(COc3ccc(OC)cc3Cl)[nH]n2)C1. The summed E-state index contributed by atoms with van der Waals surface area (Å²) in [4.78, 5) is 14.3. The van der Waals surface area contributed by atoms with Crippen LogP contribution in [0.4, 0.5) is 0 Å². The van der Waals surface area contributed by atoms with Crippen molar-refractivity contribution in [2.45, 2.75) is 13.0 Å². The number of nitrogens with one attached hydrogen (secondary N) is 1. The van der Waals surface area contributed by atoms with E-state index in [0.29, 0.717) is 47.0 Å². The molecule has 0 unspecified atom stereocenters. The van der Waals surface area contributed by atoms with E-state index in [2.05, 4.69) is 10.2 Å². The van der Waals surface area contributed by atoms with Gasteiger partial charge in [-0.1, -0.05) is 11.6 Å². The number of benzene rings is 1. The molecule has 0 radical (unpaired) electrons. The zero-order chi connectivity index (χ0) is 18.5. The summed E-state index contributed by atoms with van der Waals surface area (Å²) in [5.74, 6) is 1.52. The highest BCUT2D eigenvalue weighted by molar-refractivity contribution is 6.32. The summed E-state index contributed by atoms with van der Waals surface area (Å²) >= 11 is 6.15. The normalized spacial score (nSPS) is 16.7. The number of methoxy groups -OCH3 is 2. The first kappa shape index (κ1) is 18.5. The minimum absolute atomic E-state index is 0.0754. The Morgan fingerprint density at radius 3 is 2.96 bits per heavy atom. The highest BCUT2D eigenvalue weighted by atomic mass is 35.5. The molecule has 26 heavy (non-hydrogen) atoms. The second-order valence-electron chi connectivity index (χ2n) is 6.22. The van der Waals surface area contributed by atoms with Gasteiger partial charge in [0.25, 0.3) is 5.91 Å². The van der Waals surface area contributed by atoms with Crippen LogP contribution in [0.2, 0.25) is 5.02 Å². The average molecular weight is 380 g/mol. The third kappa shape index (κ3) is 4.28. The lowest BCUT2D eigenvalue weighted by Gasteiger charge is -2.14. The Morgan fingerprint density at radius 1 is 1.38 bits per heavy atom. The fraction of sp³-hybridized carbons (Fsp3) is 0.444. The van der Waals surface area contributed by atoms with Crippen LogP contribution in [0.15, 0.2) is 24.3 Å². The van der Waals surface area contributed by atoms with Crippen molar-refractivity contribution in [2.24, 2.45) is 5.92 Å². The Morgan fingerprint density at radius 2 is 2.23 bits per heavy atom. The largest absolute Gasteiger partial charge is 0.497 e. The van der Waals surface area contributed by atoms with Gasteiger partial charge in [0.2, 0.25) is 0 Å². The maximum atomic E-state index is 12.5. The molecule has 0 spiro atoms. The van der Waals surface area contributed by atoms with Gasteiger partial charge in [0, 0.05) is 32.2 Å². The fourth-order valence-corrected chi connectivity index (χ4v) is 3.20. The zero-order valence-electron chi connectivity index (χ0n) is 14.8. The van der Waals surface area contributed by atoms with Crippen LogP contribution in [0.3, 0.4) is 0 Å². The number of aromatic nitrogens is 2. The maximum absolute atomic E-state index is 12.5. The molecule has 0 saturated carbocycles. The van der Waals surface area contributed by atoms with Gasteiger partial charge >= 0.3 is 0 Å². The Hall–Kier alpha value is -2.25. The van der Waals surface area contributed by atoms with Crippen molar-refractivity contribution in [3.05, 3.63) is 40.7 Å². The number of amides is 1. The second-order valence-corrected chi connectivity index (χ2v) is 6.63. The Balaban J connectivity index is 1.57. The molecule has 0 bridgehead atoms. The van der Waals surface area contributed by atoms with E-state index in [1.807, 2.05) is 4.90 Å². The predicted octanol–water partition coefficient (Wildman–Crippen LogP) is 2.76. The third-order valence-corrected chi connectivity index (χ3v) is 4.64. The van der Waals surface area contributed by atoms with Crippen LogP contribution in [0.1, 0.15) is 22.6 Å². The first-order valence-corrected chi connectivity index (χ1v) is 8.77. The molecule has 0 aliphatic carbocycles. The molecule has 7 nitrogen and oxygen atoms in total. The molecule has 1 aliphatic rings. The van der Waals surface area contributed by atoms with E-state index in [4.69, 9.17) is 25.8 Å². The number of H-pyrrole nitrogens is 1. The summed E-state index contributed by atoms with van der Waals surface area (Å²) in [5, 5.41) is 7.42. The van der Waals surface area contributed by atoms with E-state index in [0.717, 1.165) is 13.0 Å². The number of hydrogen-bond donors (Lipinski definition) is 1. The number of likely N-dealkylation sites (tertiary alicyclic amines) is 1. The number of aromatic amines is 1. The van der Waals surface area contributed by atoms with Crippen molar-refractivity contribution in [3.8, 4) is 11.5 Å². The smallest absolute Gasteiger partial charge is 0.274 e. The minimum Gasteiger partial charge on any atom is -0.497 e. The molecule has 1 aliphatic heterocycles. The van der Waals surface area contributed by atoms with Gasteiger partial charge < -0.3 is 19.1 Å². The number of halogens is 1. The lowest BCUT2D eigenvalue weighted by Crippen LogP contribution is -2.29. The fourth-order valence-electron chi connectivity index (χ4n) is 2.98. The predicted molar refractivity (Wildman–Crippen MR) is 96.8 cm³/mol. The lowest BCUT2D eigenvalue weighted by molar-refractivity contribution is 0.0769. The first-order chi connectivity index (χ1) is 12.6. The Kier molecular flexibility index (Phi) is 6.00. The Labute approximate surface area is 157 Å². The van der Waals surface area contributed by atoms with E-state index >= 15 is 0 Å². The minimum atomic E-state index is -0.0754. The molecule has 8 heteroatoms. The Bertz CT molecular complexity index is 765. The van der Waals surface area contributed by atoms with Crippen LogP contribution in [0.25, 0.3) is 0 Å². The van der Waals surface area contributed by atoms with Gasteiger partial charge in [-0.3, -0.25) is 9.89 Å². The summed E-state index contributed by atoms with van der Waals surface area (Å²) in [6, 6.07) is 6.91. The van der Waals surface area contributed by atoms with Crippen molar-refractivity contribution in [3.63, 3.8) is 0 Å². The quantitative estimate of drug-likeness (QED) is 0.800. The summed E-state index contributed by atoms with van der Waals surface area (Å²) < 4.78 is 16.0. The van der Waals surface area contributed by atoms with E-state index in [-0.39, 0.29) is 12.5 Å². The molecule has 1 aromatic carbocycles. The first-order valence-electron chi connectivity index (χ1n) is 8.39. The molecule has 1 amide bonds. The highest BCUT2D eigenvalue weighted by Crippen LogP contribution is 2.29. The molecule has 1 saturated heterocycles. The van der Waals surface area contributed by atoms with Crippen molar-refractivity contribution >= 4 is 17.5 Å². The molecule has 2 heterocycles. The zero-order valence-corrected chi connectivity index (χ0v) is 15.6. The molecule has 1 N–H and O–H groups in total. The van der Waals surface area contributed by atoms with Crippen LogP contribution in [-0.4, -0.2) is 54.9 Å². The molecule has 1 aromatic heterocycles. The molecule has 1 atom stereocenters. The van der Waals surface area contributed by atoms with Gasteiger partial charge in [-0.25, -0.2) is 0 Å². The standard InChI is InChI=1S/C18H22ClN3O4/c1-24-10-12-5-6-22(9-12)18(23)16-7-13(20-21-16)11-26-17-4-3-14(25-2)8-15(17)19/h3-4,7-8,12H,5-6,9-11H2,1-2H3,(H,20,21)/t12-/m1/s1. The highest BCUT2D eigenvalue weighted by Gasteiger charge is 2.28. The molecule has 2 aromatic rings. The number of carbonyl (C=O) groups is 1. The lowest BCUT2D eigenvalue weighted by atomic mass is 10.1. The van der Waals surface area contributed by atoms with Crippen LogP contribution in [0, 0.1) is 5.92 Å². The number of carbonyl (C=O) groups excluding carboxylic acids is 1. The number of nitrogens with zero attached hydrogens (tertiary/aromatic N) is 2. The van der Waals surface area contributed by atoms with Crippen LogP contribution in [-0.2, 0) is 11.3 Å². The molecule has 3 rings (SSSR count). The molecular weight excluding hydrogens is 358 g/mol. The van der Waals surface area contributed by atoms with Gasteiger partial charge in [-0.2, -0.15) is 5.10 Å². The van der Waals surface area contributed by atoms with Gasteiger partial charge in [0.1, 0.15) is 18.1 Å². The molecule has 140 valence electrons. The summed E-state index contributed by atoms with van der Waals surface area (Å²) in [6.45, 7) is 2.34. The number of rotatable bonds is 7. The van der Waals surface area contributed by atoms with Gasteiger partial charge in [-0.15, -0.1) is 0 Å². The van der Waals surface area contributed by atoms with Gasteiger partial charge in [0.15, 0.2) is 5.69 Å². The monoisotopic (exact) mass is 379 g/mol. The van der Waals surface area contributed by atoms with E-state index < -0.39 is 0 Å². The van der Waals surface area contributed by atoms with Crippen LogP contribution < -0.4 is 9.47 Å². The van der Waals surface area contributed by atoms with Crippen LogP contribution >= 0.6 is 11.6 Å². The van der Waals surface area contributed by atoms with Crippen molar-refractivity contribution in [1.29, 1.82) is 0 Å². The van der Waals surface area contributed by atoms with E-state index in [9.17, 15) is 4.79 Å². The van der Waals surface area contributed by atoms with E-state index in [1.54, 1.807) is 38.5 Å². The summed E-state index contributed by atoms with van der Waals surface area (Å²) in [7, 11) is 3.26. The summed E-state index contributed by atoms with van der Waals surface area (Å²) in [5.41, 5.74) is 1.09. The van der Waals surface area contributed by atoms with Gasteiger partial charge in [0.05, 0.1) is 24.4 Å². The molecular formula is C18H22ClN3O4. The second kappa shape index (κ2) is 8.42. The average Bonchev–Trinajstić information content (AvgIpc) is 3.30. The van der Waals surface area contributed by atoms with E-state index in [1.165, 1.54) is 0 Å². The number of ether oxygens (including phenoxy) is 3. The number of hydrogen-bond acceptors (Lipinski definition) is 5. The maximum Gasteiger partial charge on any atom is 0.274 e. The van der Waals surface area contributed by atoms with Crippen molar-refractivity contribution in [2.75, 3.05) is 33.9 Å². The molecule has 1 fully saturated rings. The topological polar surface area (TPSA) is 76.7 Å². The van der Waals surface area contributed by atoms with Crippen molar-refractivity contribution in [1.82, 2.24) is 15.1 Å².